The van der Waals surface area contributed by atoms with Crippen LogP contribution in [0.1, 0.15) is 39.7 Å². The summed E-state index contributed by atoms with van der Waals surface area (Å²) in [7, 11) is 0. The van der Waals surface area contributed by atoms with Crippen LogP contribution in [-0.4, -0.2) is 47.2 Å². The van der Waals surface area contributed by atoms with E-state index in [-0.39, 0.29) is 23.8 Å². The molecule has 1 aliphatic heterocycles. The molecule has 140 valence electrons. The molecule has 1 aromatic rings. The highest BCUT2D eigenvalue weighted by Crippen LogP contribution is 2.22. The third kappa shape index (κ3) is 5.81. The summed E-state index contributed by atoms with van der Waals surface area (Å²) in [5.41, 5.74) is -0.831. The van der Waals surface area contributed by atoms with Gasteiger partial charge in [0.1, 0.15) is 11.3 Å². The zero-order valence-corrected chi connectivity index (χ0v) is 14.8. The van der Waals surface area contributed by atoms with Gasteiger partial charge in [-0.2, -0.15) is 0 Å². The van der Waals surface area contributed by atoms with Crippen LogP contribution in [0.5, 0.6) is 0 Å². The maximum Gasteiger partial charge on any atom is 0.412 e. The zero-order valence-electron chi connectivity index (χ0n) is 14.8. The van der Waals surface area contributed by atoms with Gasteiger partial charge in [-0.05, 0) is 45.7 Å². The van der Waals surface area contributed by atoms with Crippen LogP contribution in [0.4, 0.5) is 19.3 Å². The molecular weight excluding hydrogens is 332 g/mol. The van der Waals surface area contributed by atoms with Crippen LogP contribution < -0.4 is 10.9 Å². The van der Waals surface area contributed by atoms with E-state index < -0.39 is 18.1 Å². The molecule has 0 atom stereocenters. The number of carbonyl (C=O) groups excluding carboxylic acids is 1. The monoisotopic (exact) mass is 357 g/mol. The minimum absolute atomic E-state index is 0.0678. The van der Waals surface area contributed by atoms with Crippen LogP contribution in [0.25, 0.3) is 0 Å². The first-order chi connectivity index (χ1) is 11.7. The number of pyridine rings is 1. The minimum atomic E-state index is -2.35. The SMILES string of the molecule is CC(C)(C)OC(=O)Nc1cccn(C2CCN(CC(F)F)CC2)c1=O. The Kier molecular flexibility index (Phi) is 6.16. The number of piperidine rings is 1. The second kappa shape index (κ2) is 7.95. The largest absolute Gasteiger partial charge is 0.444 e. The first-order valence-electron chi connectivity index (χ1n) is 8.37. The van der Waals surface area contributed by atoms with Crippen molar-refractivity contribution in [2.45, 2.75) is 51.7 Å². The van der Waals surface area contributed by atoms with Crippen molar-refractivity contribution in [1.82, 2.24) is 9.47 Å². The molecule has 2 heterocycles. The standard InChI is InChI=1S/C17H25F2N3O3/c1-17(2,3)25-16(24)20-13-5-4-8-22(15(13)23)12-6-9-21(10-7-12)11-14(18)19/h4-5,8,12,14H,6-7,9-11H2,1-3H3,(H,20,24). The molecule has 6 nitrogen and oxygen atoms in total. The number of ether oxygens (including phenoxy) is 1. The van der Waals surface area contributed by atoms with Crippen molar-refractivity contribution < 1.29 is 18.3 Å². The van der Waals surface area contributed by atoms with Crippen molar-refractivity contribution in [2.75, 3.05) is 25.0 Å². The van der Waals surface area contributed by atoms with E-state index in [0.717, 1.165) is 0 Å². The molecule has 0 bridgehead atoms. The number of hydrogen-bond acceptors (Lipinski definition) is 4. The van der Waals surface area contributed by atoms with Gasteiger partial charge in [0.25, 0.3) is 12.0 Å². The van der Waals surface area contributed by atoms with Gasteiger partial charge in [-0.15, -0.1) is 0 Å². The molecule has 1 saturated heterocycles. The Morgan fingerprint density at radius 1 is 1.36 bits per heavy atom. The molecule has 0 saturated carbocycles. The number of likely N-dealkylation sites (tertiary alicyclic amines) is 1. The Labute approximate surface area is 145 Å². The molecule has 1 amide bonds. The van der Waals surface area contributed by atoms with Crippen molar-refractivity contribution in [3.05, 3.63) is 28.7 Å². The first kappa shape index (κ1) is 19.4. The average molecular weight is 357 g/mol. The summed E-state index contributed by atoms with van der Waals surface area (Å²) < 4.78 is 31.6. The predicted molar refractivity (Wildman–Crippen MR) is 91.3 cm³/mol. The second-order valence-corrected chi connectivity index (χ2v) is 7.18. The van der Waals surface area contributed by atoms with Gasteiger partial charge in [0.2, 0.25) is 0 Å². The molecule has 1 aliphatic rings. The van der Waals surface area contributed by atoms with E-state index in [4.69, 9.17) is 4.74 Å². The van der Waals surface area contributed by atoms with Gasteiger partial charge in [-0.25, -0.2) is 13.6 Å². The summed E-state index contributed by atoms with van der Waals surface area (Å²) in [6.07, 6.45) is -0.143. The fraction of sp³-hybridized carbons (Fsp3) is 0.647. The van der Waals surface area contributed by atoms with Crippen molar-refractivity contribution in [1.29, 1.82) is 0 Å². The van der Waals surface area contributed by atoms with Crippen LogP contribution >= 0.6 is 0 Å². The van der Waals surface area contributed by atoms with Crippen LogP contribution in [0.15, 0.2) is 23.1 Å². The Hall–Kier alpha value is -1.96. The predicted octanol–water partition coefficient (Wildman–Crippen LogP) is 3.10. The summed E-state index contributed by atoms with van der Waals surface area (Å²) in [6.45, 7) is 6.02. The van der Waals surface area contributed by atoms with Gasteiger partial charge < -0.3 is 9.30 Å². The topological polar surface area (TPSA) is 63.6 Å². The number of aromatic nitrogens is 1. The molecule has 1 aromatic heterocycles. The number of nitrogens with zero attached hydrogens (tertiary/aromatic N) is 2. The summed E-state index contributed by atoms with van der Waals surface area (Å²) in [5.74, 6) is 0. The third-order valence-electron chi connectivity index (χ3n) is 3.96. The average Bonchev–Trinajstić information content (AvgIpc) is 2.48. The molecule has 0 spiro atoms. The fourth-order valence-electron chi connectivity index (χ4n) is 2.88. The maximum absolute atomic E-state index is 12.6. The van der Waals surface area contributed by atoms with E-state index in [1.807, 2.05) is 0 Å². The molecule has 1 fully saturated rings. The first-order valence-corrected chi connectivity index (χ1v) is 8.37. The number of amides is 1. The van der Waals surface area contributed by atoms with Crippen molar-refractivity contribution in [3.63, 3.8) is 0 Å². The number of halogens is 2. The molecule has 1 N–H and O–H groups in total. The fourth-order valence-corrected chi connectivity index (χ4v) is 2.88. The van der Waals surface area contributed by atoms with Gasteiger partial charge in [-0.1, -0.05) is 0 Å². The van der Waals surface area contributed by atoms with Gasteiger partial charge in [0, 0.05) is 25.3 Å². The van der Waals surface area contributed by atoms with Crippen molar-refractivity contribution >= 4 is 11.8 Å². The van der Waals surface area contributed by atoms with Crippen LogP contribution in [-0.2, 0) is 4.74 Å². The number of rotatable bonds is 4. The lowest BCUT2D eigenvalue weighted by Crippen LogP contribution is -2.40. The van der Waals surface area contributed by atoms with E-state index in [9.17, 15) is 18.4 Å². The molecule has 0 radical (unpaired) electrons. The molecule has 2 rings (SSSR count). The third-order valence-corrected chi connectivity index (χ3v) is 3.96. The van der Waals surface area contributed by atoms with E-state index in [0.29, 0.717) is 25.9 Å². The lowest BCUT2D eigenvalue weighted by molar-refractivity contribution is 0.0635. The van der Waals surface area contributed by atoms with Crippen LogP contribution in [0, 0.1) is 0 Å². The van der Waals surface area contributed by atoms with Crippen molar-refractivity contribution in [2.24, 2.45) is 0 Å². The highest BCUT2D eigenvalue weighted by atomic mass is 19.3. The molecule has 0 unspecified atom stereocenters. The quantitative estimate of drug-likeness (QED) is 0.899. The summed E-state index contributed by atoms with van der Waals surface area (Å²) in [6, 6.07) is 3.13. The summed E-state index contributed by atoms with van der Waals surface area (Å²) in [5, 5.41) is 2.48. The summed E-state index contributed by atoms with van der Waals surface area (Å²) in [4.78, 5) is 26.1. The molecular formula is C17H25F2N3O3. The van der Waals surface area contributed by atoms with E-state index in [1.54, 1.807) is 42.5 Å². The van der Waals surface area contributed by atoms with Gasteiger partial charge >= 0.3 is 6.09 Å². The number of hydrogen-bond donors (Lipinski definition) is 1. The number of nitrogens with one attached hydrogen (secondary N) is 1. The Balaban J connectivity index is 2.04. The number of carbonyl (C=O) groups is 1. The highest BCUT2D eigenvalue weighted by Gasteiger charge is 2.24. The lowest BCUT2D eigenvalue weighted by Gasteiger charge is -2.32. The number of alkyl halides is 2. The Bertz CT molecular complexity index is 647. The minimum Gasteiger partial charge on any atom is -0.444 e. The number of anilines is 1. The van der Waals surface area contributed by atoms with Gasteiger partial charge in [0.15, 0.2) is 0 Å². The van der Waals surface area contributed by atoms with E-state index in [2.05, 4.69) is 5.32 Å². The highest BCUT2D eigenvalue weighted by molar-refractivity contribution is 5.84. The molecule has 25 heavy (non-hydrogen) atoms. The van der Waals surface area contributed by atoms with Crippen molar-refractivity contribution in [3.8, 4) is 0 Å². The van der Waals surface area contributed by atoms with E-state index in [1.165, 1.54) is 6.07 Å². The van der Waals surface area contributed by atoms with Crippen LogP contribution in [0.2, 0.25) is 0 Å². The molecule has 0 aliphatic carbocycles. The zero-order chi connectivity index (χ0) is 18.6. The van der Waals surface area contributed by atoms with Crippen LogP contribution in [0.3, 0.4) is 0 Å². The molecule has 0 aromatic carbocycles. The lowest BCUT2D eigenvalue weighted by atomic mass is 10.0. The van der Waals surface area contributed by atoms with E-state index >= 15 is 0 Å². The Morgan fingerprint density at radius 2 is 2.00 bits per heavy atom. The smallest absolute Gasteiger partial charge is 0.412 e. The Morgan fingerprint density at radius 3 is 2.56 bits per heavy atom. The molecule has 8 heteroatoms. The summed E-state index contributed by atoms with van der Waals surface area (Å²) >= 11 is 0. The van der Waals surface area contributed by atoms with Gasteiger partial charge in [-0.3, -0.25) is 15.0 Å². The van der Waals surface area contributed by atoms with Gasteiger partial charge in [0.05, 0.1) is 6.54 Å². The normalized spacial score (nSPS) is 16.9. The maximum atomic E-state index is 12.6. The second-order valence-electron chi connectivity index (χ2n) is 7.18.